The lowest BCUT2D eigenvalue weighted by atomic mass is 9.78. The summed E-state index contributed by atoms with van der Waals surface area (Å²) in [6.45, 7) is 0. The average Bonchev–Trinajstić information content (AvgIpc) is 2.63. The molecule has 8 heteroatoms. The number of hydrogen-bond donors (Lipinski definition) is 1. The van der Waals surface area contributed by atoms with Crippen LogP contribution in [0.4, 0.5) is 18.9 Å². The molecular formula is C18H18F3N3O2. The zero-order chi connectivity index (χ0) is 18.6. The molecule has 1 heterocycles. The van der Waals surface area contributed by atoms with Gasteiger partial charge in [-0.05, 0) is 43.2 Å². The van der Waals surface area contributed by atoms with Crippen LogP contribution in [0.3, 0.4) is 0 Å². The summed E-state index contributed by atoms with van der Waals surface area (Å²) in [4.78, 5) is 20.2. The highest BCUT2D eigenvalue weighted by molar-refractivity contribution is 5.92. The second-order valence-corrected chi connectivity index (χ2v) is 6.19. The van der Waals surface area contributed by atoms with Gasteiger partial charge >= 0.3 is 12.2 Å². The number of amides is 1. The second kappa shape index (κ2) is 7.72. The monoisotopic (exact) mass is 365 g/mol. The third-order valence-corrected chi connectivity index (χ3v) is 4.40. The predicted octanol–water partition coefficient (Wildman–Crippen LogP) is 4.58. The van der Waals surface area contributed by atoms with Crippen LogP contribution in [0.25, 0.3) is 0 Å². The van der Waals surface area contributed by atoms with Crippen molar-refractivity contribution in [2.24, 2.45) is 11.8 Å². The van der Waals surface area contributed by atoms with Crippen molar-refractivity contribution in [2.75, 3.05) is 5.32 Å². The third kappa shape index (κ3) is 4.50. The Morgan fingerprint density at radius 2 is 1.73 bits per heavy atom. The number of aromatic nitrogens is 2. The maximum absolute atomic E-state index is 13.1. The Balaban J connectivity index is 1.63. The van der Waals surface area contributed by atoms with E-state index in [0.717, 1.165) is 0 Å². The topological polar surface area (TPSA) is 64.1 Å². The van der Waals surface area contributed by atoms with Crippen LogP contribution in [0.15, 0.2) is 42.7 Å². The van der Waals surface area contributed by atoms with Crippen molar-refractivity contribution in [1.82, 2.24) is 9.97 Å². The Kier molecular flexibility index (Phi) is 5.39. The van der Waals surface area contributed by atoms with Gasteiger partial charge in [0.05, 0.1) is 5.92 Å². The largest absolute Gasteiger partial charge is 0.424 e. The predicted molar refractivity (Wildman–Crippen MR) is 88.7 cm³/mol. The number of benzene rings is 1. The number of nitrogens with zero attached hydrogens (tertiary/aromatic N) is 2. The highest BCUT2D eigenvalue weighted by Gasteiger charge is 2.48. The Morgan fingerprint density at radius 3 is 2.38 bits per heavy atom. The number of hydrogen-bond acceptors (Lipinski definition) is 4. The second-order valence-electron chi connectivity index (χ2n) is 6.19. The Labute approximate surface area is 148 Å². The van der Waals surface area contributed by atoms with Crippen molar-refractivity contribution in [3.63, 3.8) is 0 Å². The molecule has 0 unspecified atom stereocenters. The van der Waals surface area contributed by atoms with Crippen LogP contribution in [0.5, 0.6) is 11.8 Å². The SMILES string of the molecule is O=C(Nc1ccc(Oc2ncccn2)cc1)[C@H]1CCCC[C@H]1C(F)(F)F. The number of carbonyl (C=O) groups excluding carboxylic acids is 1. The third-order valence-electron chi connectivity index (χ3n) is 4.40. The summed E-state index contributed by atoms with van der Waals surface area (Å²) in [6.07, 6.45) is 0.121. The molecule has 5 nitrogen and oxygen atoms in total. The van der Waals surface area contributed by atoms with Gasteiger partial charge in [-0.1, -0.05) is 12.8 Å². The van der Waals surface area contributed by atoms with E-state index < -0.39 is 23.9 Å². The van der Waals surface area contributed by atoms with Crippen LogP contribution >= 0.6 is 0 Å². The van der Waals surface area contributed by atoms with E-state index in [2.05, 4.69) is 15.3 Å². The normalized spacial score (nSPS) is 20.4. The van der Waals surface area contributed by atoms with Gasteiger partial charge < -0.3 is 10.1 Å². The van der Waals surface area contributed by atoms with Crippen molar-refractivity contribution >= 4 is 11.6 Å². The van der Waals surface area contributed by atoms with E-state index in [1.807, 2.05) is 0 Å². The molecular weight excluding hydrogens is 347 g/mol. The molecule has 0 aliphatic heterocycles. The molecule has 138 valence electrons. The molecule has 1 N–H and O–H groups in total. The van der Waals surface area contributed by atoms with Crippen molar-refractivity contribution in [1.29, 1.82) is 0 Å². The summed E-state index contributed by atoms with van der Waals surface area (Å²) in [5.41, 5.74) is 0.419. The van der Waals surface area contributed by atoms with Gasteiger partial charge in [-0.15, -0.1) is 0 Å². The summed E-state index contributed by atoms with van der Waals surface area (Å²) in [5.74, 6) is -2.75. The van der Waals surface area contributed by atoms with Crippen molar-refractivity contribution in [3.05, 3.63) is 42.7 Å². The van der Waals surface area contributed by atoms with Crippen molar-refractivity contribution in [3.8, 4) is 11.8 Å². The molecule has 0 spiro atoms. The molecule has 2 atom stereocenters. The Hall–Kier alpha value is -2.64. The van der Waals surface area contributed by atoms with Crippen LogP contribution in [-0.4, -0.2) is 22.1 Å². The minimum atomic E-state index is -4.35. The van der Waals surface area contributed by atoms with E-state index in [9.17, 15) is 18.0 Å². The highest BCUT2D eigenvalue weighted by Crippen LogP contribution is 2.41. The summed E-state index contributed by atoms with van der Waals surface area (Å²) in [5, 5.41) is 2.58. The molecule has 1 aliphatic carbocycles. The number of nitrogens with one attached hydrogen (secondary N) is 1. The lowest BCUT2D eigenvalue weighted by Crippen LogP contribution is -2.39. The zero-order valence-corrected chi connectivity index (χ0v) is 13.9. The molecule has 26 heavy (non-hydrogen) atoms. The van der Waals surface area contributed by atoms with Gasteiger partial charge in [-0.2, -0.15) is 13.2 Å². The Bertz CT molecular complexity index is 736. The maximum Gasteiger partial charge on any atom is 0.392 e. The first kappa shape index (κ1) is 18.2. The molecule has 1 amide bonds. The van der Waals surface area contributed by atoms with Gasteiger partial charge in [0.25, 0.3) is 0 Å². The summed E-state index contributed by atoms with van der Waals surface area (Å²) < 4.78 is 44.9. The van der Waals surface area contributed by atoms with Crippen molar-refractivity contribution < 1.29 is 22.7 Å². The standard InChI is InChI=1S/C18H18F3N3O2/c19-18(20,21)15-5-2-1-4-14(15)16(25)24-12-6-8-13(9-7-12)26-17-22-10-3-11-23-17/h3,6-11,14-15H,1-2,4-5H2,(H,24,25)/t14-,15+/m0/s1. The van der Waals surface area contributed by atoms with Gasteiger partial charge in [-0.25, -0.2) is 9.97 Å². The number of anilines is 1. The molecule has 0 bridgehead atoms. The summed E-state index contributed by atoms with van der Waals surface area (Å²) in [6, 6.07) is 8.16. The first-order valence-corrected chi connectivity index (χ1v) is 8.36. The molecule has 3 rings (SSSR count). The van der Waals surface area contributed by atoms with Gasteiger partial charge in [-0.3, -0.25) is 4.79 Å². The lowest BCUT2D eigenvalue weighted by Gasteiger charge is -2.31. The fraction of sp³-hybridized carbons (Fsp3) is 0.389. The van der Waals surface area contributed by atoms with E-state index in [1.165, 1.54) is 12.4 Å². The molecule has 1 aromatic carbocycles. The van der Waals surface area contributed by atoms with Gasteiger partial charge in [0.2, 0.25) is 5.91 Å². The molecule has 1 saturated carbocycles. The van der Waals surface area contributed by atoms with Crippen LogP contribution in [0, 0.1) is 11.8 Å². The fourth-order valence-corrected chi connectivity index (χ4v) is 3.12. The zero-order valence-electron chi connectivity index (χ0n) is 13.9. The first-order chi connectivity index (χ1) is 12.4. The van der Waals surface area contributed by atoms with E-state index in [0.29, 0.717) is 24.3 Å². The summed E-state index contributed by atoms with van der Waals surface area (Å²) in [7, 11) is 0. The minimum absolute atomic E-state index is 0.00540. The number of alkyl halides is 3. The number of carbonyl (C=O) groups is 1. The van der Waals surface area contributed by atoms with Crippen LogP contribution in [-0.2, 0) is 4.79 Å². The maximum atomic E-state index is 13.1. The lowest BCUT2D eigenvalue weighted by molar-refractivity contribution is -0.197. The molecule has 1 fully saturated rings. The van der Waals surface area contributed by atoms with Gasteiger partial charge in [0.1, 0.15) is 5.75 Å². The number of rotatable bonds is 4. The van der Waals surface area contributed by atoms with E-state index >= 15 is 0 Å². The van der Waals surface area contributed by atoms with Crippen LogP contribution in [0.1, 0.15) is 25.7 Å². The molecule has 0 saturated heterocycles. The number of halogens is 3. The summed E-state index contributed by atoms with van der Waals surface area (Å²) >= 11 is 0. The molecule has 0 radical (unpaired) electrons. The van der Waals surface area contributed by atoms with E-state index in [1.54, 1.807) is 30.3 Å². The minimum Gasteiger partial charge on any atom is -0.424 e. The molecule has 2 aromatic rings. The molecule has 1 aromatic heterocycles. The van der Waals surface area contributed by atoms with E-state index in [-0.39, 0.29) is 18.9 Å². The molecule has 1 aliphatic rings. The average molecular weight is 365 g/mol. The van der Waals surface area contributed by atoms with Crippen LogP contribution in [0.2, 0.25) is 0 Å². The number of ether oxygens (including phenoxy) is 1. The fourth-order valence-electron chi connectivity index (χ4n) is 3.12. The highest BCUT2D eigenvalue weighted by atomic mass is 19.4. The smallest absolute Gasteiger partial charge is 0.392 e. The van der Waals surface area contributed by atoms with Gasteiger partial charge in [0, 0.05) is 24.0 Å². The Morgan fingerprint density at radius 1 is 1.08 bits per heavy atom. The quantitative estimate of drug-likeness (QED) is 0.862. The van der Waals surface area contributed by atoms with Crippen molar-refractivity contribution in [2.45, 2.75) is 31.9 Å². The van der Waals surface area contributed by atoms with Crippen LogP contribution < -0.4 is 10.1 Å². The first-order valence-electron chi connectivity index (χ1n) is 8.36. The van der Waals surface area contributed by atoms with Gasteiger partial charge in [0.15, 0.2) is 0 Å². The van der Waals surface area contributed by atoms with E-state index in [4.69, 9.17) is 4.74 Å².